The van der Waals surface area contributed by atoms with Crippen LogP contribution in [0.4, 0.5) is 5.00 Å². The number of hydrogen-bond acceptors (Lipinski definition) is 6. The first-order valence-corrected chi connectivity index (χ1v) is 8.29. The van der Waals surface area contributed by atoms with Gasteiger partial charge in [-0.3, -0.25) is 10.1 Å². The fourth-order valence-corrected chi connectivity index (χ4v) is 3.74. The zero-order valence-electron chi connectivity index (χ0n) is 12.5. The highest BCUT2D eigenvalue weighted by atomic mass is 32.1. The maximum atomic E-state index is 11.7. The predicted octanol–water partition coefficient (Wildman–Crippen LogP) is 2.04. The van der Waals surface area contributed by atoms with E-state index in [0.717, 1.165) is 37.0 Å². The van der Waals surface area contributed by atoms with Crippen LogP contribution in [0.5, 0.6) is 0 Å². The van der Waals surface area contributed by atoms with E-state index in [1.165, 1.54) is 16.2 Å². The molecule has 0 aliphatic heterocycles. The van der Waals surface area contributed by atoms with Crippen molar-refractivity contribution in [1.29, 1.82) is 5.26 Å². The van der Waals surface area contributed by atoms with E-state index >= 15 is 0 Å². The summed E-state index contributed by atoms with van der Waals surface area (Å²) < 4.78 is 4.67. The highest BCUT2D eigenvalue weighted by Gasteiger charge is 2.22. The molecule has 1 aliphatic carbocycles. The molecule has 2 rings (SSSR count). The summed E-state index contributed by atoms with van der Waals surface area (Å²) in [6.07, 6.45) is 5.01. The van der Waals surface area contributed by atoms with Crippen molar-refractivity contribution in [2.75, 3.05) is 11.9 Å². The lowest BCUT2D eigenvalue weighted by molar-refractivity contribution is -0.137. The number of ether oxygens (including phenoxy) is 1. The van der Waals surface area contributed by atoms with E-state index in [1.807, 2.05) is 0 Å². The Morgan fingerprint density at radius 1 is 1.43 bits per heavy atom. The zero-order valence-corrected chi connectivity index (χ0v) is 14.1. The Morgan fingerprint density at radius 3 is 2.91 bits per heavy atom. The van der Waals surface area contributed by atoms with Gasteiger partial charge < -0.3 is 10.1 Å². The van der Waals surface area contributed by atoms with Crippen LogP contribution in [0.1, 0.15) is 29.3 Å². The topological polar surface area (TPSA) is 91.2 Å². The molecule has 0 saturated heterocycles. The van der Waals surface area contributed by atoms with Gasteiger partial charge in [0, 0.05) is 17.0 Å². The number of nitriles is 1. The molecule has 0 aromatic carbocycles. The summed E-state index contributed by atoms with van der Waals surface area (Å²) in [4.78, 5) is 24.0. The number of aryl methyl sites for hydroxylation is 1. The number of nitrogens with zero attached hydrogens (tertiary/aromatic N) is 1. The quantitative estimate of drug-likeness (QED) is 0.491. The lowest BCUT2D eigenvalue weighted by atomic mass is 10.1. The predicted molar refractivity (Wildman–Crippen MR) is 91.2 cm³/mol. The van der Waals surface area contributed by atoms with Crippen molar-refractivity contribution in [3.8, 4) is 6.07 Å². The molecule has 23 heavy (non-hydrogen) atoms. The lowest BCUT2D eigenvalue weighted by Crippen LogP contribution is -2.33. The van der Waals surface area contributed by atoms with Crippen LogP contribution in [0, 0.1) is 11.3 Å². The summed E-state index contributed by atoms with van der Waals surface area (Å²) in [5.74, 6) is -1.14. The van der Waals surface area contributed by atoms with Crippen LogP contribution in [0.15, 0.2) is 12.2 Å². The van der Waals surface area contributed by atoms with Gasteiger partial charge in [0.05, 0.1) is 12.2 Å². The first kappa shape index (κ1) is 17.1. The highest BCUT2D eigenvalue weighted by Crippen LogP contribution is 2.38. The van der Waals surface area contributed by atoms with E-state index < -0.39 is 11.9 Å². The molecule has 1 aromatic rings. The van der Waals surface area contributed by atoms with Crippen molar-refractivity contribution in [3.05, 3.63) is 28.2 Å². The summed E-state index contributed by atoms with van der Waals surface area (Å²) in [6.45, 7) is 1.92. The molecule has 1 aromatic heterocycles. The Hall–Kier alpha value is -2.24. The number of fused-ring (bicyclic) bond motifs is 1. The van der Waals surface area contributed by atoms with Gasteiger partial charge in [-0.1, -0.05) is 0 Å². The number of rotatable bonds is 4. The van der Waals surface area contributed by atoms with Crippen LogP contribution in [-0.4, -0.2) is 23.6 Å². The van der Waals surface area contributed by atoms with Crippen molar-refractivity contribution in [2.24, 2.45) is 0 Å². The number of thiophene rings is 1. The molecule has 0 unspecified atom stereocenters. The van der Waals surface area contributed by atoms with Gasteiger partial charge in [0.15, 0.2) is 5.11 Å². The summed E-state index contributed by atoms with van der Waals surface area (Å²) in [5, 5.41) is 15.3. The highest BCUT2D eigenvalue weighted by molar-refractivity contribution is 7.80. The van der Waals surface area contributed by atoms with Gasteiger partial charge in [0.2, 0.25) is 5.91 Å². The van der Waals surface area contributed by atoms with Crippen LogP contribution >= 0.6 is 23.6 Å². The van der Waals surface area contributed by atoms with E-state index in [9.17, 15) is 14.9 Å². The van der Waals surface area contributed by atoms with Crippen LogP contribution in [0.2, 0.25) is 0 Å². The number of amides is 1. The Balaban J connectivity index is 1.94. The van der Waals surface area contributed by atoms with Gasteiger partial charge in [-0.05, 0) is 44.0 Å². The van der Waals surface area contributed by atoms with E-state index in [2.05, 4.69) is 21.4 Å². The van der Waals surface area contributed by atoms with Gasteiger partial charge >= 0.3 is 5.97 Å². The SMILES string of the molecule is CCOC(=O)/C=C/C(=O)NC(=S)Nc1sc2c(c1C#N)CCC2. The number of carbonyl (C=O) groups is 2. The van der Waals surface area contributed by atoms with E-state index in [-0.39, 0.29) is 11.7 Å². The monoisotopic (exact) mass is 349 g/mol. The molecular weight excluding hydrogens is 334 g/mol. The standard InChI is InChI=1S/C15H15N3O3S2/c1-2-21-13(20)7-6-12(19)17-15(22)18-14-10(8-16)9-4-3-5-11(9)23-14/h6-7H,2-5H2,1H3,(H2,17,18,19,22)/b7-6+. The third-order valence-corrected chi connectivity index (χ3v) is 4.57. The Kier molecular flexibility index (Phi) is 5.84. The molecule has 0 spiro atoms. The maximum Gasteiger partial charge on any atom is 0.330 e. The second-order valence-corrected chi connectivity index (χ2v) is 6.22. The van der Waals surface area contributed by atoms with Crippen LogP contribution in [0.3, 0.4) is 0 Å². The van der Waals surface area contributed by atoms with Crippen LogP contribution in [-0.2, 0) is 27.2 Å². The number of esters is 1. The summed E-state index contributed by atoms with van der Waals surface area (Å²) in [5.41, 5.74) is 1.68. The molecule has 0 saturated carbocycles. The minimum atomic E-state index is -0.594. The maximum absolute atomic E-state index is 11.7. The molecule has 0 bridgehead atoms. The minimum Gasteiger partial charge on any atom is -0.463 e. The Labute approximate surface area is 143 Å². The van der Waals surface area contributed by atoms with Crippen LogP contribution in [0.25, 0.3) is 0 Å². The van der Waals surface area contributed by atoms with Crippen LogP contribution < -0.4 is 10.6 Å². The molecule has 1 heterocycles. The van der Waals surface area contributed by atoms with Crippen molar-refractivity contribution in [2.45, 2.75) is 26.2 Å². The minimum absolute atomic E-state index is 0.0833. The molecule has 1 amide bonds. The fraction of sp³-hybridized carbons (Fsp3) is 0.333. The second kappa shape index (κ2) is 7.85. The van der Waals surface area contributed by atoms with E-state index in [4.69, 9.17) is 12.2 Å². The lowest BCUT2D eigenvalue weighted by Gasteiger charge is -2.06. The third-order valence-electron chi connectivity index (χ3n) is 3.15. The van der Waals surface area contributed by atoms with Crippen molar-refractivity contribution >= 4 is 45.5 Å². The van der Waals surface area contributed by atoms with Crippen molar-refractivity contribution < 1.29 is 14.3 Å². The average molecular weight is 349 g/mol. The smallest absolute Gasteiger partial charge is 0.330 e. The molecule has 120 valence electrons. The normalized spacial score (nSPS) is 12.5. The summed E-state index contributed by atoms with van der Waals surface area (Å²) >= 11 is 6.55. The van der Waals surface area contributed by atoms with E-state index in [1.54, 1.807) is 6.92 Å². The van der Waals surface area contributed by atoms with Gasteiger partial charge in [-0.2, -0.15) is 5.26 Å². The van der Waals surface area contributed by atoms with Gasteiger partial charge in [-0.25, -0.2) is 4.79 Å². The van der Waals surface area contributed by atoms with Gasteiger partial charge in [0.25, 0.3) is 0 Å². The van der Waals surface area contributed by atoms with E-state index in [0.29, 0.717) is 10.6 Å². The summed E-state index contributed by atoms with van der Waals surface area (Å²) in [7, 11) is 0. The molecule has 0 radical (unpaired) electrons. The molecule has 6 nitrogen and oxygen atoms in total. The van der Waals surface area contributed by atoms with Gasteiger partial charge in [0.1, 0.15) is 11.1 Å². The number of nitrogens with one attached hydrogen (secondary N) is 2. The molecular formula is C15H15N3O3S2. The molecule has 0 fully saturated rings. The number of carbonyl (C=O) groups excluding carboxylic acids is 2. The van der Waals surface area contributed by atoms with Crippen molar-refractivity contribution in [1.82, 2.24) is 5.32 Å². The average Bonchev–Trinajstić information content (AvgIpc) is 3.05. The zero-order chi connectivity index (χ0) is 16.8. The number of anilines is 1. The first-order chi connectivity index (χ1) is 11.0. The largest absolute Gasteiger partial charge is 0.463 e. The van der Waals surface area contributed by atoms with Crippen molar-refractivity contribution in [3.63, 3.8) is 0 Å². The summed E-state index contributed by atoms with van der Waals surface area (Å²) in [6, 6.07) is 2.19. The molecule has 8 heteroatoms. The molecule has 0 atom stereocenters. The Bertz CT molecular complexity index is 716. The number of hydrogen-bond donors (Lipinski definition) is 2. The second-order valence-electron chi connectivity index (χ2n) is 4.70. The molecule has 2 N–H and O–H groups in total. The fourth-order valence-electron chi connectivity index (χ4n) is 2.23. The van der Waals surface area contributed by atoms with Gasteiger partial charge in [-0.15, -0.1) is 11.3 Å². The number of thiocarbonyl (C=S) groups is 1. The third kappa shape index (κ3) is 4.37. The first-order valence-electron chi connectivity index (χ1n) is 7.06. The Morgan fingerprint density at radius 2 is 2.22 bits per heavy atom. The molecule has 1 aliphatic rings.